The lowest BCUT2D eigenvalue weighted by Crippen LogP contribution is -2.35. The van der Waals surface area contributed by atoms with Crippen molar-refractivity contribution in [1.82, 2.24) is 9.97 Å². The lowest BCUT2D eigenvalue weighted by molar-refractivity contribution is 0.402. The molecule has 0 amide bonds. The van der Waals surface area contributed by atoms with Crippen LogP contribution in [0, 0.1) is 5.92 Å². The number of hydrogen-bond acceptors (Lipinski definition) is 6. The number of nitrogens with zero attached hydrogens (tertiary/aromatic N) is 3. The Hall–Kier alpha value is -2.15. The Kier molecular flexibility index (Phi) is 5.29. The minimum atomic E-state index is -2.89. The summed E-state index contributed by atoms with van der Waals surface area (Å²) >= 11 is 0. The van der Waals surface area contributed by atoms with Gasteiger partial charge in [0.2, 0.25) is 0 Å². The van der Waals surface area contributed by atoms with Gasteiger partial charge in [-0.3, -0.25) is 0 Å². The number of benzene rings is 1. The lowest BCUT2D eigenvalue weighted by Gasteiger charge is -2.33. The molecule has 3 heterocycles. The zero-order valence-corrected chi connectivity index (χ0v) is 16.2. The predicted octanol–water partition coefficient (Wildman–Crippen LogP) is 2.53. The van der Waals surface area contributed by atoms with Crippen molar-refractivity contribution in [2.75, 3.05) is 34.8 Å². The molecule has 27 heavy (non-hydrogen) atoms. The van der Waals surface area contributed by atoms with Crippen LogP contribution >= 0.6 is 0 Å². The van der Waals surface area contributed by atoms with Gasteiger partial charge in [-0.1, -0.05) is 30.3 Å². The van der Waals surface area contributed by atoms with Gasteiger partial charge in [-0.05, 0) is 37.2 Å². The number of anilines is 2. The van der Waals surface area contributed by atoms with Crippen molar-refractivity contribution in [3.05, 3.63) is 48.3 Å². The molecule has 0 radical (unpaired) electrons. The lowest BCUT2D eigenvalue weighted by atomic mass is 9.90. The smallest absolute Gasteiger partial charge is 0.152 e. The third-order valence-corrected chi connectivity index (χ3v) is 7.31. The Labute approximate surface area is 161 Å². The topological polar surface area (TPSA) is 75.2 Å². The maximum atomic E-state index is 11.6. The molecule has 2 aliphatic heterocycles. The second kappa shape index (κ2) is 7.84. The van der Waals surface area contributed by atoms with E-state index in [1.165, 1.54) is 5.56 Å². The summed E-state index contributed by atoms with van der Waals surface area (Å²) in [6.45, 7) is 1.98. The second-order valence-corrected chi connectivity index (χ2v) is 9.85. The van der Waals surface area contributed by atoms with Gasteiger partial charge in [0.15, 0.2) is 9.84 Å². The van der Waals surface area contributed by atoms with Gasteiger partial charge in [0.25, 0.3) is 0 Å². The van der Waals surface area contributed by atoms with E-state index in [1.54, 1.807) is 6.33 Å². The van der Waals surface area contributed by atoms with Gasteiger partial charge in [0.1, 0.15) is 18.0 Å². The van der Waals surface area contributed by atoms with Crippen LogP contribution in [0.2, 0.25) is 0 Å². The molecule has 2 aliphatic rings. The molecule has 2 fully saturated rings. The summed E-state index contributed by atoms with van der Waals surface area (Å²) < 4.78 is 23.3. The zero-order valence-electron chi connectivity index (χ0n) is 15.4. The summed E-state index contributed by atoms with van der Waals surface area (Å²) in [6.07, 6.45) is 5.66. The van der Waals surface area contributed by atoms with Crippen molar-refractivity contribution in [2.24, 2.45) is 5.92 Å². The minimum Gasteiger partial charge on any atom is -0.366 e. The summed E-state index contributed by atoms with van der Waals surface area (Å²) in [5, 5.41) is 3.26. The molecule has 0 saturated carbocycles. The fourth-order valence-corrected chi connectivity index (χ4v) is 5.70. The Bertz CT molecular complexity index is 865. The van der Waals surface area contributed by atoms with E-state index in [0.717, 1.165) is 38.2 Å². The van der Waals surface area contributed by atoms with Crippen molar-refractivity contribution in [3.8, 4) is 0 Å². The van der Waals surface area contributed by atoms with Crippen LogP contribution in [0.3, 0.4) is 0 Å². The summed E-state index contributed by atoms with van der Waals surface area (Å²) in [6, 6.07) is 12.6. The molecule has 2 saturated heterocycles. The van der Waals surface area contributed by atoms with E-state index in [1.807, 2.05) is 6.07 Å². The molecule has 2 aromatic rings. The zero-order chi connectivity index (χ0) is 18.7. The Balaban J connectivity index is 1.33. The third kappa shape index (κ3) is 4.77. The maximum absolute atomic E-state index is 11.6. The molecule has 144 valence electrons. The van der Waals surface area contributed by atoms with Crippen LogP contribution in [0.4, 0.5) is 11.6 Å². The highest BCUT2D eigenvalue weighted by atomic mass is 32.2. The van der Waals surface area contributed by atoms with E-state index in [4.69, 9.17) is 0 Å². The van der Waals surface area contributed by atoms with E-state index in [9.17, 15) is 8.42 Å². The second-order valence-electron chi connectivity index (χ2n) is 7.63. The fourth-order valence-electron chi connectivity index (χ4n) is 4.03. The molecule has 1 atom stereocenters. The van der Waals surface area contributed by atoms with Crippen molar-refractivity contribution < 1.29 is 8.42 Å². The maximum Gasteiger partial charge on any atom is 0.152 e. The number of rotatable bonds is 5. The van der Waals surface area contributed by atoms with E-state index >= 15 is 0 Å². The summed E-state index contributed by atoms with van der Waals surface area (Å²) in [7, 11) is -2.89. The molecule has 1 unspecified atom stereocenters. The fraction of sp³-hybridized carbons (Fsp3) is 0.500. The van der Waals surface area contributed by atoms with E-state index in [0.29, 0.717) is 18.2 Å². The number of nitrogens with one attached hydrogen (secondary N) is 1. The molecular weight excluding hydrogens is 360 g/mol. The third-order valence-electron chi connectivity index (χ3n) is 5.54. The molecule has 1 aromatic heterocycles. The standard InChI is InChI=1S/C20H26N4O2S/c25-27(26)11-8-18(14-27)23-19-13-20(22-15-21-19)24-9-6-17(7-10-24)12-16-4-2-1-3-5-16/h1-5,13,15,17-18H,6-12,14H2,(H,21,22,23). The quantitative estimate of drug-likeness (QED) is 0.851. The Morgan fingerprint density at radius 1 is 1.07 bits per heavy atom. The monoisotopic (exact) mass is 386 g/mol. The average molecular weight is 387 g/mol. The Morgan fingerprint density at radius 2 is 1.85 bits per heavy atom. The van der Waals surface area contributed by atoms with Crippen molar-refractivity contribution in [3.63, 3.8) is 0 Å². The summed E-state index contributed by atoms with van der Waals surface area (Å²) in [5.41, 5.74) is 1.41. The van der Waals surface area contributed by atoms with E-state index in [-0.39, 0.29) is 17.5 Å². The van der Waals surface area contributed by atoms with Crippen LogP contribution in [0.1, 0.15) is 24.8 Å². The van der Waals surface area contributed by atoms with Gasteiger partial charge in [0, 0.05) is 25.2 Å². The highest BCUT2D eigenvalue weighted by Gasteiger charge is 2.28. The van der Waals surface area contributed by atoms with Crippen LogP contribution in [0.25, 0.3) is 0 Å². The predicted molar refractivity (Wildman–Crippen MR) is 108 cm³/mol. The molecule has 0 bridgehead atoms. The first-order chi connectivity index (χ1) is 13.1. The van der Waals surface area contributed by atoms with Gasteiger partial charge < -0.3 is 10.2 Å². The first-order valence-corrected chi connectivity index (χ1v) is 11.5. The number of sulfone groups is 1. The van der Waals surface area contributed by atoms with Crippen molar-refractivity contribution >= 4 is 21.5 Å². The molecule has 7 heteroatoms. The number of hydrogen-bond donors (Lipinski definition) is 1. The van der Waals surface area contributed by atoms with Crippen molar-refractivity contribution in [1.29, 1.82) is 0 Å². The molecular formula is C20H26N4O2S. The molecule has 1 aromatic carbocycles. The Morgan fingerprint density at radius 3 is 2.56 bits per heavy atom. The summed E-state index contributed by atoms with van der Waals surface area (Å²) in [4.78, 5) is 11.0. The van der Waals surface area contributed by atoms with Gasteiger partial charge >= 0.3 is 0 Å². The first kappa shape index (κ1) is 18.2. The van der Waals surface area contributed by atoms with Gasteiger partial charge in [-0.15, -0.1) is 0 Å². The van der Waals surface area contributed by atoms with Crippen molar-refractivity contribution in [2.45, 2.75) is 31.7 Å². The molecule has 4 rings (SSSR count). The van der Waals surface area contributed by atoms with E-state index < -0.39 is 9.84 Å². The highest BCUT2D eigenvalue weighted by Crippen LogP contribution is 2.26. The van der Waals surface area contributed by atoms with Gasteiger partial charge in [-0.2, -0.15) is 0 Å². The number of piperidine rings is 1. The normalized spacial score (nSPS) is 22.7. The highest BCUT2D eigenvalue weighted by molar-refractivity contribution is 7.91. The summed E-state index contributed by atoms with van der Waals surface area (Å²) in [5.74, 6) is 2.81. The molecule has 1 N–H and O–H groups in total. The van der Waals surface area contributed by atoms with Crippen LogP contribution in [-0.2, 0) is 16.3 Å². The van der Waals surface area contributed by atoms with Crippen LogP contribution in [0.5, 0.6) is 0 Å². The molecule has 0 aliphatic carbocycles. The van der Waals surface area contributed by atoms with Crippen LogP contribution in [-0.4, -0.2) is 49.0 Å². The SMILES string of the molecule is O=S1(=O)CCC(Nc2cc(N3CCC(Cc4ccccc4)CC3)ncn2)C1. The average Bonchev–Trinajstić information content (AvgIpc) is 3.02. The first-order valence-electron chi connectivity index (χ1n) is 9.65. The largest absolute Gasteiger partial charge is 0.366 e. The van der Waals surface area contributed by atoms with Gasteiger partial charge in [0.05, 0.1) is 11.5 Å². The molecule has 0 spiro atoms. The minimum absolute atomic E-state index is 0.0469. The van der Waals surface area contributed by atoms with Crippen LogP contribution < -0.4 is 10.2 Å². The van der Waals surface area contributed by atoms with E-state index in [2.05, 4.69) is 50.5 Å². The molecule has 6 nitrogen and oxygen atoms in total. The van der Waals surface area contributed by atoms with Gasteiger partial charge in [-0.25, -0.2) is 18.4 Å². The van der Waals surface area contributed by atoms with Crippen LogP contribution in [0.15, 0.2) is 42.7 Å². The number of aromatic nitrogens is 2.